The zero-order valence-corrected chi connectivity index (χ0v) is 16.5. The van der Waals surface area contributed by atoms with E-state index in [4.69, 9.17) is 4.74 Å². The van der Waals surface area contributed by atoms with Gasteiger partial charge in [0.2, 0.25) is 5.91 Å². The van der Waals surface area contributed by atoms with E-state index in [2.05, 4.69) is 10.6 Å². The van der Waals surface area contributed by atoms with Gasteiger partial charge in [0.15, 0.2) is 0 Å². The zero-order valence-electron chi connectivity index (χ0n) is 16.5. The number of amides is 2. The Morgan fingerprint density at radius 2 is 1.66 bits per heavy atom. The quantitative estimate of drug-likeness (QED) is 0.702. The van der Waals surface area contributed by atoms with Crippen molar-refractivity contribution < 1.29 is 19.1 Å². The van der Waals surface area contributed by atoms with Gasteiger partial charge < -0.3 is 15.4 Å². The highest BCUT2D eigenvalue weighted by Crippen LogP contribution is 2.28. The number of hydrogen-bond donors (Lipinski definition) is 2. The monoisotopic (exact) mass is 394 g/mol. The molecule has 0 spiro atoms. The highest BCUT2D eigenvalue weighted by Gasteiger charge is 2.32. The Kier molecular flexibility index (Phi) is 7.00. The van der Waals surface area contributed by atoms with E-state index in [1.54, 1.807) is 24.3 Å². The molecule has 0 heterocycles. The standard InChI is InChI=1S/C23H26N2O4/c1-16(26)24-21(18-7-5-6-8-18)23(28)29-15-17-11-13-19(14-12-17)22(27)25-20-9-3-2-4-10-20/h2-4,9-14,18,21H,5-8,15H2,1H3,(H,24,26)(H,25,27)/t21-/m1/s1. The number of nitrogens with one attached hydrogen (secondary N) is 2. The summed E-state index contributed by atoms with van der Waals surface area (Å²) < 4.78 is 5.45. The van der Waals surface area contributed by atoms with Crippen molar-refractivity contribution in [3.63, 3.8) is 0 Å². The van der Waals surface area contributed by atoms with Gasteiger partial charge in [0, 0.05) is 18.2 Å². The van der Waals surface area contributed by atoms with E-state index < -0.39 is 12.0 Å². The van der Waals surface area contributed by atoms with E-state index in [-0.39, 0.29) is 24.3 Å². The second-order valence-corrected chi connectivity index (χ2v) is 7.35. The number of carbonyl (C=O) groups is 3. The summed E-state index contributed by atoms with van der Waals surface area (Å²) in [5, 5.41) is 5.57. The van der Waals surface area contributed by atoms with Crippen LogP contribution in [0.5, 0.6) is 0 Å². The Balaban J connectivity index is 1.55. The first-order valence-electron chi connectivity index (χ1n) is 9.92. The lowest BCUT2D eigenvalue weighted by Gasteiger charge is -2.22. The first-order valence-corrected chi connectivity index (χ1v) is 9.92. The molecule has 152 valence electrons. The van der Waals surface area contributed by atoms with Crippen LogP contribution >= 0.6 is 0 Å². The molecule has 2 aromatic rings. The van der Waals surface area contributed by atoms with Crippen LogP contribution in [0, 0.1) is 5.92 Å². The number of benzene rings is 2. The van der Waals surface area contributed by atoms with Gasteiger partial charge in [-0.05, 0) is 48.6 Å². The minimum atomic E-state index is -0.592. The van der Waals surface area contributed by atoms with E-state index in [0.29, 0.717) is 5.56 Å². The maximum absolute atomic E-state index is 12.5. The molecule has 0 radical (unpaired) electrons. The molecule has 2 N–H and O–H groups in total. The lowest BCUT2D eigenvalue weighted by molar-refractivity contribution is -0.150. The van der Waals surface area contributed by atoms with E-state index in [9.17, 15) is 14.4 Å². The molecule has 1 fully saturated rings. The third-order valence-electron chi connectivity index (χ3n) is 5.11. The predicted octanol–water partition coefficient (Wildman–Crippen LogP) is 3.68. The third-order valence-corrected chi connectivity index (χ3v) is 5.11. The smallest absolute Gasteiger partial charge is 0.329 e. The first kappa shape index (κ1) is 20.6. The average molecular weight is 394 g/mol. The van der Waals surface area contributed by atoms with E-state index in [1.807, 2.05) is 30.3 Å². The number of anilines is 1. The van der Waals surface area contributed by atoms with Gasteiger partial charge in [-0.25, -0.2) is 4.79 Å². The molecule has 0 bridgehead atoms. The maximum Gasteiger partial charge on any atom is 0.329 e. The van der Waals surface area contributed by atoms with Crippen LogP contribution < -0.4 is 10.6 Å². The number of para-hydroxylation sites is 1. The molecule has 0 aromatic heterocycles. The third kappa shape index (κ3) is 5.91. The lowest BCUT2D eigenvalue weighted by Crippen LogP contribution is -2.45. The maximum atomic E-state index is 12.5. The summed E-state index contributed by atoms with van der Waals surface area (Å²) in [6.07, 6.45) is 3.98. The molecule has 2 amide bonds. The van der Waals surface area contributed by atoms with E-state index in [1.165, 1.54) is 6.92 Å². The summed E-state index contributed by atoms with van der Waals surface area (Å²) in [4.78, 5) is 36.3. The fraction of sp³-hybridized carbons (Fsp3) is 0.348. The molecule has 6 nitrogen and oxygen atoms in total. The second kappa shape index (κ2) is 9.87. The SMILES string of the molecule is CC(=O)N[C@@H](C(=O)OCc1ccc(C(=O)Nc2ccccc2)cc1)C1CCCC1. The summed E-state index contributed by atoms with van der Waals surface area (Å²) in [6, 6.07) is 15.6. The molecule has 3 rings (SSSR count). The van der Waals surface area contributed by atoms with Crippen molar-refractivity contribution in [2.24, 2.45) is 5.92 Å². The van der Waals surface area contributed by atoms with Crippen LogP contribution in [-0.4, -0.2) is 23.8 Å². The van der Waals surface area contributed by atoms with Crippen molar-refractivity contribution >= 4 is 23.5 Å². The Morgan fingerprint density at radius 1 is 1.00 bits per heavy atom. The molecule has 6 heteroatoms. The van der Waals surface area contributed by atoms with Gasteiger partial charge in [-0.1, -0.05) is 43.2 Å². The van der Waals surface area contributed by atoms with Crippen molar-refractivity contribution in [1.29, 1.82) is 0 Å². The zero-order chi connectivity index (χ0) is 20.6. The Hall–Kier alpha value is -3.15. The molecule has 1 atom stereocenters. The molecular weight excluding hydrogens is 368 g/mol. The highest BCUT2D eigenvalue weighted by atomic mass is 16.5. The van der Waals surface area contributed by atoms with Gasteiger partial charge in [0.05, 0.1) is 0 Å². The predicted molar refractivity (Wildman–Crippen MR) is 110 cm³/mol. The van der Waals surface area contributed by atoms with Crippen LogP contribution in [0.1, 0.15) is 48.5 Å². The van der Waals surface area contributed by atoms with Crippen LogP contribution in [0.15, 0.2) is 54.6 Å². The van der Waals surface area contributed by atoms with Crippen molar-refractivity contribution in [1.82, 2.24) is 5.32 Å². The largest absolute Gasteiger partial charge is 0.459 e. The van der Waals surface area contributed by atoms with Crippen molar-refractivity contribution in [3.05, 3.63) is 65.7 Å². The molecule has 2 aromatic carbocycles. The molecule has 1 aliphatic rings. The van der Waals surface area contributed by atoms with Crippen LogP contribution in [-0.2, 0) is 20.9 Å². The molecule has 0 saturated heterocycles. The number of hydrogen-bond acceptors (Lipinski definition) is 4. The van der Waals surface area contributed by atoms with Crippen LogP contribution in [0.25, 0.3) is 0 Å². The van der Waals surface area contributed by atoms with Gasteiger partial charge in [-0.2, -0.15) is 0 Å². The van der Waals surface area contributed by atoms with Crippen LogP contribution in [0.2, 0.25) is 0 Å². The average Bonchev–Trinajstić information content (AvgIpc) is 3.26. The van der Waals surface area contributed by atoms with Crippen LogP contribution in [0.4, 0.5) is 5.69 Å². The number of carbonyl (C=O) groups excluding carboxylic acids is 3. The van der Waals surface area contributed by atoms with Crippen molar-refractivity contribution in [2.75, 3.05) is 5.32 Å². The Labute approximate surface area is 170 Å². The molecule has 29 heavy (non-hydrogen) atoms. The van der Waals surface area contributed by atoms with Gasteiger partial charge in [0.25, 0.3) is 5.91 Å². The Bertz CT molecular complexity index is 843. The minimum Gasteiger partial charge on any atom is -0.459 e. The second-order valence-electron chi connectivity index (χ2n) is 7.35. The lowest BCUT2D eigenvalue weighted by atomic mass is 9.98. The normalized spacial score (nSPS) is 14.8. The van der Waals surface area contributed by atoms with E-state index in [0.717, 1.165) is 36.9 Å². The number of esters is 1. The van der Waals surface area contributed by atoms with Crippen LogP contribution in [0.3, 0.4) is 0 Å². The molecule has 0 aliphatic heterocycles. The molecule has 1 aliphatic carbocycles. The fourth-order valence-corrected chi connectivity index (χ4v) is 3.60. The summed E-state index contributed by atoms with van der Waals surface area (Å²) >= 11 is 0. The first-order chi connectivity index (χ1) is 14.0. The topological polar surface area (TPSA) is 84.5 Å². The molecular formula is C23H26N2O4. The Morgan fingerprint density at radius 3 is 2.28 bits per heavy atom. The summed E-state index contributed by atoms with van der Waals surface area (Å²) in [5.74, 6) is -0.701. The van der Waals surface area contributed by atoms with E-state index >= 15 is 0 Å². The van der Waals surface area contributed by atoms with Gasteiger partial charge in [-0.15, -0.1) is 0 Å². The fourth-order valence-electron chi connectivity index (χ4n) is 3.60. The van der Waals surface area contributed by atoms with Crippen molar-refractivity contribution in [2.45, 2.75) is 45.3 Å². The minimum absolute atomic E-state index is 0.0994. The summed E-state index contributed by atoms with van der Waals surface area (Å²) in [5.41, 5.74) is 2.03. The molecule has 1 saturated carbocycles. The molecule has 0 unspecified atom stereocenters. The van der Waals surface area contributed by atoms with Gasteiger partial charge in [-0.3, -0.25) is 9.59 Å². The van der Waals surface area contributed by atoms with Crippen molar-refractivity contribution in [3.8, 4) is 0 Å². The van der Waals surface area contributed by atoms with Gasteiger partial charge in [0.1, 0.15) is 12.6 Å². The van der Waals surface area contributed by atoms with Gasteiger partial charge >= 0.3 is 5.97 Å². The highest BCUT2D eigenvalue weighted by molar-refractivity contribution is 6.04. The summed E-state index contributed by atoms with van der Waals surface area (Å²) in [6.45, 7) is 1.51. The number of rotatable bonds is 7. The summed E-state index contributed by atoms with van der Waals surface area (Å²) in [7, 11) is 0. The number of ether oxygens (including phenoxy) is 1.